The molecule has 0 aromatic heterocycles. The van der Waals surface area contributed by atoms with Gasteiger partial charge in [0.05, 0.1) is 0 Å². The van der Waals surface area contributed by atoms with Gasteiger partial charge in [0, 0.05) is 12.4 Å². The van der Waals surface area contributed by atoms with E-state index in [9.17, 15) is 0 Å². The molecule has 1 aliphatic rings. The Morgan fingerprint density at radius 2 is 2.08 bits per heavy atom. The van der Waals surface area contributed by atoms with Crippen molar-refractivity contribution in [3.63, 3.8) is 0 Å². The van der Waals surface area contributed by atoms with Gasteiger partial charge in [-0.25, -0.2) is 10.0 Å². The van der Waals surface area contributed by atoms with Crippen molar-refractivity contribution in [3.8, 4) is 0 Å². The van der Waals surface area contributed by atoms with Crippen molar-refractivity contribution >= 4 is 10.0 Å². The van der Waals surface area contributed by atoms with E-state index in [4.69, 9.17) is 0 Å². The molecule has 0 saturated heterocycles. The number of nitrogens with one attached hydrogen (secondary N) is 1. The Morgan fingerprint density at radius 1 is 1.31 bits per heavy atom. The first-order valence-corrected chi connectivity index (χ1v) is 7.83. The molecule has 76 valence electrons. The second kappa shape index (κ2) is 4.87. The van der Waals surface area contributed by atoms with Crippen LogP contribution in [-0.4, -0.2) is 31.2 Å². The Balaban J connectivity index is 2.19. The van der Waals surface area contributed by atoms with Gasteiger partial charge < -0.3 is 5.32 Å². The third-order valence-electron chi connectivity index (χ3n) is 1.94. The fourth-order valence-corrected chi connectivity index (χ4v) is 2.01. The molecule has 0 aromatic carbocycles. The Morgan fingerprint density at radius 3 is 2.62 bits per heavy atom. The van der Waals surface area contributed by atoms with Gasteiger partial charge in [0.1, 0.15) is 0 Å². The number of rotatable bonds is 4. The summed E-state index contributed by atoms with van der Waals surface area (Å²) in [6.45, 7) is 1.04. The van der Waals surface area contributed by atoms with E-state index in [0.29, 0.717) is 0 Å². The van der Waals surface area contributed by atoms with Crippen molar-refractivity contribution in [3.05, 3.63) is 23.8 Å². The van der Waals surface area contributed by atoms with Crippen LogP contribution in [0.3, 0.4) is 0 Å². The molecule has 0 fully saturated rings. The summed E-state index contributed by atoms with van der Waals surface area (Å²) in [7, 11) is -0.387. The Labute approximate surface area is 83.6 Å². The summed E-state index contributed by atoms with van der Waals surface area (Å²) in [6.07, 6.45) is 16.3. The van der Waals surface area contributed by atoms with Crippen LogP contribution in [0, 0.1) is 0 Å². The van der Waals surface area contributed by atoms with Crippen LogP contribution < -0.4 is 5.32 Å². The molecule has 0 heterocycles. The SMILES string of the molecule is CS(C)(C)CNCC1=CCCC=C1. The molecule has 0 atom stereocenters. The fraction of sp³-hybridized carbons (Fsp3) is 0.636. The molecule has 0 aromatic rings. The van der Waals surface area contributed by atoms with E-state index in [1.165, 1.54) is 18.4 Å². The van der Waals surface area contributed by atoms with Gasteiger partial charge in [-0.1, -0.05) is 18.2 Å². The minimum atomic E-state index is -0.387. The maximum atomic E-state index is 3.51. The summed E-state index contributed by atoms with van der Waals surface area (Å²) in [5.41, 5.74) is 1.45. The van der Waals surface area contributed by atoms with Crippen molar-refractivity contribution in [2.45, 2.75) is 12.8 Å². The zero-order valence-corrected chi connectivity index (χ0v) is 9.79. The van der Waals surface area contributed by atoms with Crippen LogP contribution in [0.25, 0.3) is 0 Å². The molecular formula is C11H21NS. The molecule has 0 radical (unpaired) electrons. The topological polar surface area (TPSA) is 12.0 Å². The smallest absolute Gasteiger partial charge is 0.0258 e. The van der Waals surface area contributed by atoms with E-state index in [1.54, 1.807) is 0 Å². The summed E-state index contributed by atoms with van der Waals surface area (Å²) >= 11 is 0. The van der Waals surface area contributed by atoms with Crippen molar-refractivity contribution in [2.24, 2.45) is 0 Å². The average molecular weight is 199 g/mol. The average Bonchev–Trinajstić information content (AvgIpc) is 2.04. The maximum absolute atomic E-state index is 3.51. The number of allylic oxidation sites excluding steroid dienone is 2. The number of hydrogen-bond donors (Lipinski definition) is 1. The summed E-state index contributed by atoms with van der Waals surface area (Å²) < 4.78 is 0. The Bertz CT molecular complexity index is 211. The van der Waals surface area contributed by atoms with Gasteiger partial charge in [-0.2, -0.15) is 0 Å². The zero-order valence-electron chi connectivity index (χ0n) is 8.97. The first-order chi connectivity index (χ1) is 6.08. The highest BCUT2D eigenvalue weighted by atomic mass is 32.3. The van der Waals surface area contributed by atoms with Gasteiger partial charge in [0.25, 0.3) is 0 Å². The minimum Gasteiger partial charge on any atom is -0.305 e. The third kappa shape index (κ3) is 5.17. The van der Waals surface area contributed by atoms with Crippen LogP contribution in [0.15, 0.2) is 23.8 Å². The predicted octanol–water partition coefficient (Wildman–Crippen LogP) is 2.50. The molecule has 0 aliphatic heterocycles. The van der Waals surface area contributed by atoms with Crippen molar-refractivity contribution in [1.82, 2.24) is 5.32 Å². The summed E-state index contributed by atoms with van der Waals surface area (Å²) in [4.78, 5) is 0. The first-order valence-electron chi connectivity index (χ1n) is 4.80. The van der Waals surface area contributed by atoms with E-state index in [-0.39, 0.29) is 10.0 Å². The van der Waals surface area contributed by atoms with E-state index in [2.05, 4.69) is 42.3 Å². The molecule has 2 heteroatoms. The molecular weight excluding hydrogens is 178 g/mol. The summed E-state index contributed by atoms with van der Waals surface area (Å²) in [6, 6.07) is 0. The molecule has 0 spiro atoms. The van der Waals surface area contributed by atoms with Gasteiger partial charge in [-0.15, -0.1) is 0 Å². The lowest BCUT2D eigenvalue weighted by Crippen LogP contribution is -2.21. The lowest BCUT2D eigenvalue weighted by molar-refractivity contribution is 0.849. The normalized spacial score (nSPS) is 18.5. The first kappa shape index (κ1) is 10.9. The van der Waals surface area contributed by atoms with E-state index < -0.39 is 0 Å². The van der Waals surface area contributed by atoms with Gasteiger partial charge in [-0.05, 0) is 37.2 Å². The molecule has 1 rings (SSSR count). The van der Waals surface area contributed by atoms with E-state index in [1.807, 2.05) is 0 Å². The highest BCUT2D eigenvalue weighted by molar-refractivity contribution is 8.32. The predicted molar refractivity (Wildman–Crippen MR) is 64.7 cm³/mol. The lowest BCUT2D eigenvalue weighted by Gasteiger charge is -2.25. The van der Waals surface area contributed by atoms with E-state index >= 15 is 0 Å². The lowest BCUT2D eigenvalue weighted by atomic mass is 10.1. The third-order valence-corrected chi connectivity index (χ3v) is 3.01. The van der Waals surface area contributed by atoms with Crippen LogP contribution in [0.1, 0.15) is 12.8 Å². The van der Waals surface area contributed by atoms with Gasteiger partial charge in [0.2, 0.25) is 0 Å². The maximum Gasteiger partial charge on any atom is 0.0258 e. The van der Waals surface area contributed by atoms with Crippen LogP contribution >= 0.6 is 10.0 Å². The molecule has 0 bridgehead atoms. The summed E-state index contributed by atoms with van der Waals surface area (Å²) in [5.74, 6) is 1.16. The van der Waals surface area contributed by atoms with Crippen molar-refractivity contribution in [1.29, 1.82) is 0 Å². The molecule has 0 amide bonds. The zero-order chi connectivity index (χ0) is 9.73. The van der Waals surface area contributed by atoms with Gasteiger partial charge in [0.15, 0.2) is 0 Å². The Hall–Kier alpha value is -0.210. The minimum absolute atomic E-state index is 0.387. The molecule has 1 nitrogen and oxygen atoms in total. The molecule has 0 unspecified atom stereocenters. The molecule has 1 N–H and O–H groups in total. The van der Waals surface area contributed by atoms with Gasteiger partial charge in [-0.3, -0.25) is 0 Å². The van der Waals surface area contributed by atoms with Gasteiger partial charge >= 0.3 is 0 Å². The highest BCUT2D eigenvalue weighted by Crippen LogP contribution is 2.32. The quantitative estimate of drug-likeness (QED) is 0.733. The van der Waals surface area contributed by atoms with E-state index in [0.717, 1.165) is 12.4 Å². The largest absolute Gasteiger partial charge is 0.305 e. The van der Waals surface area contributed by atoms with Crippen molar-refractivity contribution in [2.75, 3.05) is 31.2 Å². The molecule has 13 heavy (non-hydrogen) atoms. The van der Waals surface area contributed by atoms with Crippen LogP contribution in [0.4, 0.5) is 0 Å². The summed E-state index contributed by atoms with van der Waals surface area (Å²) in [5, 5.41) is 3.51. The number of hydrogen-bond acceptors (Lipinski definition) is 1. The second-order valence-electron chi connectivity index (χ2n) is 4.42. The highest BCUT2D eigenvalue weighted by Gasteiger charge is 2.03. The molecule has 1 aliphatic carbocycles. The van der Waals surface area contributed by atoms with Crippen LogP contribution in [-0.2, 0) is 0 Å². The molecule has 0 saturated carbocycles. The monoisotopic (exact) mass is 199 g/mol. The van der Waals surface area contributed by atoms with Crippen LogP contribution in [0.5, 0.6) is 0 Å². The fourth-order valence-electron chi connectivity index (χ4n) is 1.30. The Kier molecular flexibility index (Phi) is 4.07. The second-order valence-corrected chi connectivity index (χ2v) is 8.89. The standard InChI is InChI=1S/C11H21NS/c1-13(2,3)10-12-9-11-7-5-4-6-8-11/h5,7-8,12H,4,6,9-10H2,1-3H3. The van der Waals surface area contributed by atoms with Crippen LogP contribution in [0.2, 0.25) is 0 Å². The van der Waals surface area contributed by atoms with Crippen molar-refractivity contribution < 1.29 is 0 Å².